The second-order valence-corrected chi connectivity index (χ2v) is 5.48. The van der Waals surface area contributed by atoms with Crippen molar-refractivity contribution in [3.8, 4) is 12.3 Å². The molecule has 0 radical (unpaired) electrons. The first-order valence-corrected chi connectivity index (χ1v) is 7.04. The highest BCUT2D eigenvalue weighted by atomic mass is 79.9. The summed E-state index contributed by atoms with van der Waals surface area (Å²) in [6, 6.07) is 0.268. The van der Waals surface area contributed by atoms with Crippen LogP contribution in [-0.4, -0.2) is 27.0 Å². The van der Waals surface area contributed by atoms with Gasteiger partial charge < -0.3 is 10.4 Å². The van der Waals surface area contributed by atoms with Crippen LogP contribution in [0.15, 0.2) is 15.5 Å². The Kier molecular flexibility index (Phi) is 4.61. The van der Waals surface area contributed by atoms with Gasteiger partial charge in [0.15, 0.2) is 0 Å². The molecule has 0 atom stereocenters. The number of aliphatic hydroxyl groups excluding tert-OH is 1. The van der Waals surface area contributed by atoms with Crippen LogP contribution in [0.5, 0.6) is 0 Å². The van der Waals surface area contributed by atoms with E-state index in [-0.39, 0.29) is 24.2 Å². The zero-order chi connectivity index (χ0) is 13.8. The van der Waals surface area contributed by atoms with Gasteiger partial charge in [-0.2, -0.15) is 5.10 Å². The maximum atomic E-state index is 12.0. The molecule has 0 aliphatic heterocycles. The lowest BCUT2D eigenvalue weighted by Gasteiger charge is -2.27. The number of terminal acetylenes is 1. The van der Waals surface area contributed by atoms with E-state index in [0.717, 1.165) is 25.7 Å². The lowest BCUT2D eigenvalue weighted by Crippen LogP contribution is -2.30. The van der Waals surface area contributed by atoms with Crippen LogP contribution in [0.3, 0.4) is 0 Å². The Morgan fingerprint density at radius 3 is 2.84 bits per heavy atom. The number of rotatable bonds is 3. The fourth-order valence-corrected chi connectivity index (χ4v) is 2.63. The van der Waals surface area contributed by atoms with E-state index >= 15 is 0 Å². The van der Waals surface area contributed by atoms with Crippen molar-refractivity contribution in [1.29, 1.82) is 0 Å². The highest BCUT2D eigenvalue weighted by Crippen LogP contribution is 2.24. The summed E-state index contributed by atoms with van der Waals surface area (Å²) >= 11 is 3.29. The summed E-state index contributed by atoms with van der Waals surface area (Å²) in [5.74, 6) is 2.39. The Bertz CT molecular complexity index is 542. The number of aromatic nitrogens is 2. The minimum Gasteiger partial charge on any atom is -0.393 e. The zero-order valence-corrected chi connectivity index (χ0v) is 12.1. The van der Waals surface area contributed by atoms with Gasteiger partial charge in [0.25, 0.3) is 5.56 Å². The van der Waals surface area contributed by atoms with Crippen LogP contribution in [0.4, 0.5) is 5.69 Å². The van der Waals surface area contributed by atoms with Crippen LogP contribution < -0.4 is 10.9 Å². The van der Waals surface area contributed by atoms with Crippen LogP contribution in [0.25, 0.3) is 0 Å². The van der Waals surface area contributed by atoms with Gasteiger partial charge >= 0.3 is 0 Å². The highest BCUT2D eigenvalue weighted by Gasteiger charge is 2.20. The van der Waals surface area contributed by atoms with Gasteiger partial charge in [0.05, 0.1) is 18.0 Å². The van der Waals surface area contributed by atoms with E-state index < -0.39 is 0 Å². The van der Waals surface area contributed by atoms with E-state index in [1.807, 2.05) is 0 Å². The first-order valence-electron chi connectivity index (χ1n) is 6.25. The van der Waals surface area contributed by atoms with Crippen molar-refractivity contribution < 1.29 is 5.11 Å². The standard InChI is InChI=1S/C13H16BrN3O2/c1-2-7-17-13(19)12(14)11(8-15-17)16-9-3-5-10(18)6-4-9/h1,8-10,16,18H,3-7H2. The molecule has 0 saturated heterocycles. The molecular weight excluding hydrogens is 310 g/mol. The van der Waals surface area contributed by atoms with Crippen molar-refractivity contribution >= 4 is 21.6 Å². The molecule has 0 spiro atoms. The first kappa shape index (κ1) is 14.1. The molecule has 1 aromatic heterocycles. The summed E-state index contributed by atoms with van der Waals surface area (Å²) in [5.41, 5.74) is 0.443. The Morgan fingerprint density at radius 1 is 1.53 bits per heavy atom. The van der Waals surface area contributed by atoms with E-state index in [0.29, 0.717) is 10.2 Å². The van der Waals surface area contributed by atoms with Crippen molar-refractivity contribution in [3.63, 3.8) is 0 Å². The third-order valence-electron chi connectivity index (χ3n) is 3.28. The number of hydrogen-bond acceptors (Lipinski definition) is 4. The topological polar surface area (TPSA) is 67.2 Å². The summed E-state index contributed by atoms with van der Waals surface area (Å²) in [7, 11) is 0. The van der Waals surface area contributed by atoms with Crippen LogP contribution in [0.1, 0.15) is 25.7 Å². The maximum Gasteiger partial charge on any atom is 0.284 e. The third kappa shape index (κ3) is 3.37. The Labute approximate surface area is 120 Å². The smallest absolute Gasteiger partial charge is 0.284 e. The minimum absolute atomic E-state index is 0.160. The van der Waals surface area contributed by atoms with Gasteiger partial charge in [-0.15, -0.1) is 6.42 Å². The van der Waals surface area contributed by atoms with Gasteiger partial charge in [-0.1, -0.05) is 5.92 Å². The van der Waals surface area contributed by atoms with Gasteiger partial charge in [0.1, 0.15) is 11.0 Å². The number of hydrogen-bond donors (Lipinski definition) is 2. The van der Waals surface area contributed by atoms with Gasteiger partial charge in [0, 0.05) is 6.04 Å². The van der Waals surface area contributed by atoms with E-state index in [9.17, 15) is 9.90 Å². The first-order chi connectivity index (χ1) is 9.11. The number of halogens is 1. The second kappa shape index (κ2) is 6.22. The van der Waals surface area contributed by atoms with Crippen molar-refractivity contribution in [2.45, 2.75) is 44.4 Å². The molecule has 1 aliphatic rings. The van der Waals surface area contributed by atoms with Gasteiger partial charge in [-0.25, -0.2) is 4.68 Å². The van der Waals surface area contributed by atoms with Crippen LogP contribution in [0.2, 0.25) is 0 Å². The third-order valence-corrected chi connectivity index (χ3v) is 4.05. The highest BCUT2D eigenvalue weighted by molar-refractivity contribution is 9.10. The minimum atomic E-state index is -0.237. The summed E-state index contributed by atoms with van der Waals surface area (Å²) in [6.45, 7) is 0.160. The van der Waals surface area contributed by atoms with Crippen LogP contribution in [0, 0.1) is 12.3 Å². The molecule has 0 amide bonds. The molecule has 2 rings (SSSR count). The summed E-state index contributed by atoms with van der Waals surface area (Å²) in [5, 5.41) is 16.8. The summed E-state index contributed by atoms with van der Waals surface area (Å²) in [6.07, 6.45) is 9.95. The number of aliphatic hydroxyl groups is 1. The summed E-state index contributed by atoms with van der Waals surface area (Å²) in [4.78, 5) is 12.0. The zero-order valence-electron chi connectivity index (χ0n) is 10.5. The largest absolute Gasteiger partial charge is 0.393 e. The average molecular weight is 326 g/mol. The van der Waals surface area contributed by atoms with Gasteiger partial charge in [-0.05, 0) is 41.6 Å². The fourth-order valence-electron chi connectivity index (χ4n) is 2.20. The van der Waals surface area contributed by atoms with Crippen molar-refractivity contribution in [1.82, 2.24) is 9.78 Å². The number of nitrogens with one attached hydrogen (secondary N) is 1. The molecule has 1 saturated carbocycles. The van der Waals surface area contributed by atoms with E-state index in [1.165, 1.54) is 4.68 Å². The predicted molar refractivity (Wildman–Crippen MR) is 76.9 cm³/mol. The lowest BCUT2D eigenvalue weighted by atomic mass is 9.93. The molecule has 1 fully saturated rings. The molecular formula is C13H16BrN3O2. The monoisotopic (exact) mass is 325 g/mol. The molecule has 0 aromatic carbocycles. The van der Waals surface area contributed by atoms with Crippen molar-refractivity contribution in [2.24, 2.45) is 0 Å². The van der Waals surface area contributed by atoms with E-state index in [2.05, 4.69) is 32.3 Å². The number of nitrogens with zero attached hydrogens (tertiary/aromatic N) is 2. The molecule has 1 heterocycles. The molecule has 19 heavy (non-hydrogen) atoms. The Morgan fingerprint density at radius 2 is 2.21 bits per heavy atom. The Hall–Kier alpha value is -1.32. The van der Waals surface area contributed by atoms with Gasteiger partial charge in [0.2, 0.25) is 0 Å². The molecule has 5 nitrogen and oxygen atoms in total. The molecule has 2 N–H and O–H groups in total. The molecule has 0 bridgehead atoms. The quantitative estimate of drug-likeness (QED) is 0.823. The maximum absolute atomic E-state index is 12.0. The van der Waals surface area contributed by atoms with Crippen molar-refractivity contribution in [3.05, 3.63) is 21.0 Å². The van der Waals surface area contributed by atoms with Crippen LogP contribution in [-0.2, 0) is 6.54 Å². The molecule has 102 valence electrons. The molecule has 0 unspecified atom stereocenters. The Balaban J connectivity index is 2.11. The molecule has 1 aliphatic carbocycles. The average Bonchev–Trinajstić information content (AvgIpc) is 2.41. The number of anilines is 1. The van der Waals surface area contributed by atoms with Crippen LogP contribution >= 0.6 is 15.9 Å². The van der Waals surface area contributed by atoms with E-state index in [1.54, 1.807) is 6.20 Å². The lowest BCUT2D eigenvalue weighted by molar-refractivity contribution is 0.126. The fraction of sp³-hybridized carbons (Fsp3) is 0.538. The van der Waals surface area contributed by atoms with Crippen molar-refractivity contribution in [2.75, 3.05) is 5.32 Å². The summed E-state index contributed by atoms with van der Waals surface area (Å²) < 4.78 is 1.68. The van der Waals surface area contributed by atoms with Gasteiger partial charge in [-0.3, -0.25) is 4.79 Å². The predicted octanol–water partition coefficient (Wildman–Crippen LogP) is 1.35. The second-order valence-electron chi connectivity index (χ2n) is 4.69. The normalized spacial score (nSPS) is 22.8. The van der Waals surface area contributed by atoms with E-state index in [4.69, 9.17) is 6.42 Å². The molecule has 6 heteroatoms. The SMILES string of the molecule is C#CCn1ncc(NC2CCC(O)CC2)c(Br)c1=O. The molecule has 1 aromatic rings.